The molecule has 9 rings (SSSR count). The van der Waals surface area contributed by atoms with Gasteiger partial charge in [0.1, 0.15) is 48.7 Å². The predicted molar refractivity (Wildman–Crippen MR) is 269 cm³/mol. The molecule has 376 valence electrons. The van der Waals surface area contributed by atoms with Crippen molar-refractivity contribution < 1.29 is 52.2 Å². The van der Waals surface area contributed by atoms with Gasteiger partial charge in [-0.15, -0.1) is 6.58 Å². The van der Waals surface area contributed by atoms with Crippen molar-refractivity contribution in [3.63, 3.8) is 0 Å². The number of azide groups is 1. The second kappa shape index (κ2) is 25.7. The molecule has 73 heavy (non-hydrogen) atoms. The van der Waals surface area contributed by atoms with Gasteiger partial charge in [-0.3, -0.25) is 14.5 Å². The Balaban J connectivity index is 1.13. The highest BCUT2D eigenvalue weighted by molar-refractivity contribution is 6.21. The van der Waals surface area contributed by atoms with E-state index in [-0.39, 0.29) is 64.0 Å². The average Bonchev–Trinajstić information content (AvgIpc) is 3.69. The highest BCUT2D eigenvalue weighted by Gasteiger charge is 2.58. The van der Waals surface area contributed by atoms with Gasteiger partial charge >= 0.3 is 0 Å². The summed E-state index contributed by atoms with van der Waals surface area (Å²) in [5, 5.41) is 4.36. The molecule has 15 nitrogen and oxygen atoms in total. The molecule has 0 radical (unpaired) electrons. The molecule has 3 heterocycles. The lowest BCUT2D eigenvalue weighted by Gasteiger charge is -2.51. The van der Waals surface area contributed by atoms with Crippen molar-refractivity contribution in [1.29, 1.82) is 0 Å². The minimum atomic E-state index is -1.39. The molecule has 3 aliphatic rings. The van der Waals surface area contributed by atoms with Crippen LogP contribution in [0.4, 0.5) is 0 Å². The minimum Gasteiger partial charge on any atom is -0.374 e. The summed E-state index contributed by atoms with van der Waals surface area (Å²) < 4.78 is 60.9. The molecule has 0 spiro atoms. The van der Waals surface area contributed by atoms with Gasteiger partial charge in [0.2, 0.25) is 0 Å². The number of hydrogen-bond donors (Lipinski definition) is 0. The molecule has 6 aromatic rings. The zero-order chi connectivity index (χ0) is 50.2. The van der Waals surface area contributed by atoms with E-state index in [1.165, 1.54) is 0 Å². The Hall–Kier alpha value is -6.85. The van der Waals surface area contributed by atoms with E-state index in [2.05, 4.69) is 16.6 Å². The van der Waals surface area contributed by atoms with Gasteiger partial charge in [-0.1, -0.05) is 175 Å². The van der Waals surface area contributed by atoms with Gasteiger partial charge in [-0.05, 0) is 45.5 Å². The maximum Gasteiger partial charge on any atom is 0.262 e. The summed E-state index contributed by atoms with van der Waals surface area (Å²) in [6.07, 6.45) is -7.22. The molecule has 0 N–H and O–H groups in total. The van der Waals surface area contributed by atoms with Crippen molar-refractivity contribution in [3.05, 3.63) is 238 Å². The number of nitrogens with zero attached hydrogens (tertiary/aromatic N) is 4. The fourth-order valence-corrected chi connectivity index (χ4v) is 9.33. The van der Waals surface area contributed by atoms with Gasteiger partial charge in [0.05, 0.1) is 64.0 Å². The second-order valence-corrected chi connectivity index (χ2v) is 17.8. The lowest BCUT2D eigenvalue weighted by Crippen LogP contribution is -2.69. The molecule has 0 aromatic heterocycles. The Morgan fingerprint density at radius 2 is 0.904 bits per heavy atom. The summed E-state index contributed by atoms with van der Waals surface area (Å²) in [7, 11) is 0. The zero-order valence-electron chi connectivity index (χ0n) is 40.2. The smallest absolute Gasteiger partial charge is 0.262 e. The van der Waals surface area contributed by atoms with E-state index < -0.39 is 73.1 Å². The molecule has 0 aliphatic carbocycles. The third-order valence-corrected chi connectivity index (χ3v) is 12.9. The molecular formula is C58H58N4O11. The molecule has 0 unspecified atom stereocenters. The van der Waals surface area contributed by atoms with Crippen LogP contribution in [0.15, 0.2) is 194 Å². The topological polar surface area (TPSA) is 169 Å². The first kappa shape index (κ1) is 51.1. The van der Waals surface area contributed by atoms with Gasteiger partial charge in [-0.2, -0.15) is 0 Å². The number of amides is 2. The maximum atomic E-state index is 14.6. The van der Waals surface area contributed by atoms with E-state index in [0.717, 1.165) is 32.7 Å². The number of hydrogen-bond acceptors (Lipinski definition) is 12. The number of carbonyl (C=O) groups excluding carboxylic acids is 2. The molecule has 15 heteroatoms. The first-order valence-electron chi connectivity index (χ1n) is 24.4. The van der Waals surface area contributed by atoms with E-state index in [0.29, 0.717) is 0 Å². The average molecular weight is 987 g/mol. The largest absolute Gasteiger partial charge is 0.374 e. The van der Waals surface area contributed by atoms with Crippen LogP contribution in [0.3, 0.4) is 0 Å². The molecule has 2 saturated heterocycles. The summed E-state index contributed by atoms with van der Waals surface area (Å²) in [5.74, 6) is -1.12. The number of fused-ring (bicyclic) bond motifs is 1. The Bertz CT molecular complexity index is 2700. The Morgan fingerprint density at radius 3 is 1.36 bits per heavy atom. The van der Waals surface area contributed by atoms with Crippen molar-refractivity contribution in [2.45, 2.75) is 94.3 Å². The Labute approximate surface area is 424 Å². The quantitative estimate of drug-likeness (QED) is 0.0186. The van der Waals surface area contributed by atoms with Crippen LogP contribution in [-0.2, 0) is 75.7 Å². The van der Waals surface area contributed by atoms with Gasteiger partial charge in [0.25, 0.3) is 11.8 Å². The molecule has 3 aliphatic heterocycles. The number of rotatable bonds is 24. The number of carbonyl (C=O) groups is 2. The third-order valence-electron chi connectivity index (χ3n) is 12.9. The highest BCUT2D eigenvalue weighted by atomic mass is 16.7. The van der Waals surface area contributed by atoms with Crippen molar-refractivity contribution in [2.75, 3.05) is 19.8 Å². The van der Waals surface area contributed by atoms with Crippen LogP contribution in [0, 0.1) is 0 Å². The molecule has 10 atom stereocenters. The molecule has 0 bridgehead atoms. The molecule has 6 aromatic carbocycles. The van der Waals surface area contributed by atoms with Gasteiger partial charge in [0, 0.05) is 4.91 Å². The number of benzene rings is 6. The van der Waals surface area contributed by atoms with E-state index in [1.807, 2.05) is 152 Å². The fraction of sp³-hybridized carbons (Fsp3) is 0.310. The normalized spacial score (nSPS) is 24.7. The zero-order valence-corrected chi connectivity index (χ0v) is 40.2. The van der Waals surface area contributed by atoms with Crippen LogP contribution < -0.4 is 0 Å². The molecule has 2 fully saturated rings. The number of imide groups is 1. The first-order chi connectivity index (χ1) is 36.0. The summed E-state index contributed by atoms with van der Waals surface area (Å²) in [4.78, 5) is 33.7. The summed E-state index contributed by atoms with van der Waals surface area (Å²) in [6, 6.07) is 52.4. The Kier molecular flexibility index (Phi) is 18.0. The van der Waals surface area contributed by atoms with Crippen molar-refractivity contribution in [3.8, 4) is 0 Å². The van der Waals surface area contributed by atoms with Gasteiger partial charge in [-0.25, -0.2) is 0 Å². The van der Waals surface area contributed by atoms with E-state index in [1.54, 1.807) is 30.3 Å². The van der Waals surface area contributed by atoms with Crippen molar-refractivity contribution in [2.24, 2.45) is 5.11 Å². The lowest BCUT2D eigenvalue weighted by molar-refractivity contribution is -0.345. The third kappa shape index (κ3) is 12.9. The minimum absolute atomic E-state index is 0.000976. The van der Waals surface area contributed by atoms with Crippen LogP contribution >= 0.6 is 0 Å². The summed E-state index contributed by atoms with van der Waals surface area (Å²) in [6.45, 7) is 4.58. The van der Waals surface area contributed by atoms with Gasteiger partial charge in [0.15, 0.2) is 12.6 Å². The monoisotopic (exact) mass is 986 g/mol. The number of ether oxygens (including phenoxy) is 9. The van der Waals surface area contributed by atoms with Crippen molar-refractivity contribution in [1.82, 2.24) is 4.90 Å². The Morgan fingerprint density at radius 1 is 0.507 bits per heavy atom. The van der Waals surface area contributed by atoms with Gasteiger partial charge < -0.3 is 42.6 Å². The van der Waals surface area contributed by atoms with Crippen LogP contribution in [-0.4, -0.2) is 97.8 Å². The van der Waals surface area contributed by atoms with E-state index in [4.69, 9.17) is 42.6 Å². The first-order valence-corrected chi connectivity index (χ1v) is 24.4. The van der Waals surface area contributed by atoms with E-state index in [9.17, 15) is 15.1 Å². The fourth-order valence-electron chi connectivity index (χ4n) is 9.33. The predicted octanol–water partition coefficient (Wildman–Crippen LogP) is 9.56. The second-order valence-electron chi connectivity index (χ2n) is 17.8. The highest BCUT2D eigenvalue weighted by Crippen LogP contribution is 2.39. The van der Waals surface area contributed by atoms with Crippen LogP contribution in [0.1, 0.15) is 48.5 Å². The summed E-state index contributed by atoms with van der Waals surface area (Å²) >= 11 is 0. The maximum absolute atomic E-state index is 14.6. The molecular weight excluding hydrogens is 929 g/mol. The molecule has 2 amide bonds. The SMILES string of the molecule is C=CCO[C@@H]1O[C@H](COCc2ccccc2)[C@@H](O[C@@H]2O[C@H](COCc3ccccc3)[C@@H](OCc3ccccc3)[C@H](OCc3ccccc3)[C@H]2N=[N+]=[N-])[C@H](OCc2ccccc2)[C@H]1N1C(=O)c2ccccc2C1=O. The van der Waals surface area contributed by atoms with Crippen molar-refractivity contribution >= 4 is 11.8 Å². The standard InChI is InChI=1S/C58H58N4O11/c1-2-32-67-58-50(62-55(63)45-30-18-19-31-46(45)56(62)64)54(70-37-44-28-16-7-17-29-44)52(48(72-58)39-66-34-41-22-10-4-11-23-41)73-57-49(60-61-59)53(69-36-43-26-14-6-15-27-43)51(68-35-42-24-12-5-13-25-42)47(71-57)38-65-33-40-20-8-3-9-21-40/h2-31,47-54,57-58H,1,32-39H2/t47-,48-,49-,50-,51-,52-,53-,54-,57+,58-/m1/s1. The lowest BCUT2D eigenvalue weighted by atomic mass is 9.93. The van der Waals surface area contributed by atoms with Crippen LogP contribution in [0.2, 0.25) is 0 Å². The summed E-state index contributed by atoms with van der Waals surface area (Å²) in [5.41, 5.74) is 15.3. The van der Waals surface area contributed by atoms with Crippen LogP contribution in [0.25, 0.3) is 10.4 Å². The molecule has 0 saturated carbocycles. The van der Waals surface area contributed by atoms with Crippen LogP contribution in [0.5, 0.6) is 0 Å². The van der Waals surface area contributed by atoms with E-state index >= 15 is 0 Å².